The zero-order valence-electron chi connectivity index (χ0n) is 9.00. The van der Waals surface area contributed by atoms with Crippen molar-refractivity contribution in [3.05, 3.63) is 29.8 Å². The van der Waals surface area contributed by atoms with Gasteiger partial charge in [0.2, 0.25) is 5.91 Å². The van der Waals surface area contributed by atoms with Gasteiger partial charge in [0.15, 0.2) is 0 Å². The fraction of sp³-hybridized carbons (Fsp3) is 0.364. The number of benzene rings is 1. The lowest BCUT2D eigenvalue weighted by Gasteiger charge is -2.22. The van der Waals surface area contributed by atoms with Crippen LogP contribution in [0.2, 0.25) is 0 Å². The predicted octanol–water partition coefficient (Wildman–Crippen LogP) is 1.61. The Bertz CT molecular complexity index is 402. The molecular weight excluding hydrogens is 246 g/mol. The summed E-state index contributed by atoms with van der Waals surface area (Å²) in [5, 5.41) is 5.55. The van der Waals surface area contributed by atoms with Crippen molar-refractivity contribution in [3.63, 3.8) is 0 Å². The molecule has 1 aromatic rings. The van der Waals surface area contributed by atoms with E-state index in [9.17, 15) is 13.6 Å². The molecule has 1 aliphatic rings. The largest absolute Gasteiger partial charge is 0.324 e. The third kappa shape index (κ3) is 3.41. The number of halogens is 2. The van der Waals surface area contributed by atoms with Crippen LogP contribution in [0.3, 0.4) is 0 Å². The number of rotatable bonds is 2. The molecule has 1 saturated heterocycles. The summed E-state index contributed by atoms with van der Waals surface area (Å²) in [4.78, 5) is 11.8. The molecular formula is C11H12F2N2OS. The maximum atomic E-state index is 12.9. The Morgan fingerprint density at radius 1 is 1.35 bits per heavy atom. The molecule has 1 heterocycles. The first kappa shape index (κ1) is 12.3. The van der Waals surface area contributed by atoms with E-state index in [1.54, 1.807) is 11.8 Å². The van der Waals surface area contributed by atoms with E-state index in [2.05, 4.69) is 10.6 Å². The lowest BCUT2D eigenvalue weighted by molar-refractivity contribution is -0.117. The highest BCUT2D eigenvalue weighted by Crippen LogP contribution is 2.14. The number of hydrogen-bond acceptors (Lipinski definition) is 3. The van der Waals surface area contributed by atoms with E-state index in [1.165, 1.54) is 0 Å². The summed E-state index contributed by atoms with van der Waals surface area (Å²) >= 11 is 1.68. The van der Waals surface area contributed by atoms with Crippen LogP contribution in [0.1, 0.15) is 0 Å². The molecule has 0 aromatic heterocycles. The molecule has 1 amide bonds. The smallest absolute Gasteiger partial charge is 0.242 e. The van der Waals surface area contributed by atoms with Crippen molar-refractivity contribution in [2.75, 3.05) is 23.4 Å². The Morgan fingerprint density at radius 3 is 2.65 bits per heavy atom. The van der Waals surface area contributed by atoms with Crippen LogP contribution < -0.4 is 10.6 Å². The number of anilines is 1. The monoisotopic (exact) mass is 258 g/mol. The molecule has 2 rings (SSSR count). The summed E-state index contributed by atoms with van der Waals surface area (Å²) in [6.45, 7) is 0.764. The van der Waals surface area contributed by atoms with Crippen molar-refractivity contribution in [2.24, 2.45) is 0 Å². The molecule has 2 N–H and O–H groups in total. The Balaban J connectivity index is 2.01. The fourth-order valence-electron chi connectivity index (χ4n) is 1.59. The van der Waals surface area contributed by atoms with E-state index in [0.717, 1.165) is 30.5 Å². The van der Waals surface area contributed by atoms with Gasteiger partial charge in [-0.3, -0.25) is 4.79 Å². The maximum absolute atomic E-state index is 12.9. The summed E-state index contributed by atoms with van der Waals surface area (Å²) in [6.07, 6.45) is 0. The van der Waals surface area contributed by atoms with Gasteiger partial charge in [0, 0.05) is 29.8 Å². The maximum Gasteiger partial charge on any atom is 0.242 e. The van der Waals surface area contributed by atoms with Crippen molar-refractivity contribution < 1.29 is 13.6 Å². The van der Waals surface area contributed by atoms with E-state index in [4.69, 9.17) is 0 Å². The molecule has 0 bridgehead atoms. The second-order valence-corrected chi connectivity index (χ2v) is 4.88. The van der Waals surface area contributed by atoms with Gasteiger partial charge in [-0.25, -0.2) is 8.78 Å². The van der Waals surface area contributed by atoms with E-state index in [-0.39, 0.29) is 17.6 Å². The molecule has 1 aromatic carbocycles. The number of hydrogen-bond donors (Lipinski definition) is 2. The third-order valence-corrected chi connectivity index (χ3v) is 3.43. The number of thioether (sulfide) groups is 1. The number of carbonyl (C=O) groups is 1. The van der Waals surface area contributed by atoms with Crippen molar-refractivity contribution in [1.82, 2.24) is 5.32 Å². The minimum Gasteiger partial charge on any atom is -0.324 e. The van der Waals surface area contributed by atoms with Gasteiger partial charge < -0.3 is 10.6 Å². The van der Waals surface area contributed by atoms with Gasteiger partial charge in [-0.05, 0) is 12.1 Å². The van der Waals surface area contributed by atoms with Gasteiger partial charge in [0.1, 0.15) is 11.6 Å². The SMILES string of the molecule is O=C(Nc1cc(F)cc(F)c1)C1CSCCN1. The third-order valence-electron chi connectivity index (χ3n) is 2.37. The van der Waals surface area contributed by atoms with Crippen LogP contribution >= 0.6 is 11.8 Å². The van der Waals surface area contributed by atoms with E-state index < -0.39 is 11.6 Å². The van der Waals surface area contributed by atoms with E-state index in [0.29, 0.717) is 5.75 Å². The average Bonchev–Trinajstić information content (AvgIpc) is 2.28. The second kappa shape index (κ2) is 5.46. The van der Waals surface area contributed by atoms with Gasteiger partial charge in [-0.15, -0.1) is 0 Å². The highest BCUT2D eigenvalue weighted by molar-refractivity contribution is 7.99. The van der Waals surface area contributed by atoms with Crippen LogP contribution in [0.25, 0.3) is 0 Å². The lowest BCUT2D eigenvalue weighted by Crippen LogP contribution is -2.46. The molecule has 1 fully saturated rings. The Hall–Kier alpha value is -1.14. The first-order valence-corrected chi connectivity index (χ1v) is 6.39. The van der Waals surface area contributed by atoms with Gasteiger partial charge in [0.25, 0.3) is 0 Å². The van der Waals surface area contributed by atoms with Crippen LogP contribution in [0.4, 0.5) is 14.5 Å². The number of amides is 1. The summed E-state index contributed by atoms with van der Waals surface area (Å²) in [5.41, 5.74) is 0.143. The molecule has 1 atom stereocenters. The Labute approximate surface area is 102 Å². The van der Waals surface area contributed by atoms with Gasteiger partial charge in [0.05, 0.1) is 6.04 Å². The summed E-state index contributed by atoms with van der Waals surface area (Å²) in [5.74, 6) is -0.0260. The molecule has 0 aliphatic carbocycles. The first-order valence-electron chi connectivity index (χ1n) is 5.23. The molecule has 1 unspecified atom stereocenters. The van der Waals surface area contributed by atoms with E-state index >= 15 is 0 Å². The summed E-state index contributed by atoms with van der Waals surface area (Å²) < 4.78 is 25.8. The quantitative estimate of drug-likeness (QED) is 0.846. The Morgan fingerprint density at radius 2 is 2.06 bits per heavy atom. The van der Waals surface area contributed by atoms with Crippen LogP contribution in [0.15, 0.2) is 18.2 Å². The molecule has 0 radical (unpaired) electrons. The minimum absolute atomic E-state index is 0.143. The number of nitrogens with one attached hydrogen (secondary N) is 2. The molecule has 0 saturated carbocycles. The second-order valence-electron chi connectivity index (χ2n) is 3.73. The van der Waals surface area contributed by atoms with Crippen LogP contribution in [-0.2, 0) is 4.79 Å². The van der Waals surface area contributed by atoms with Crippen molar-refractivity contribution in [3.8, 4) is 0 Å². The summed E-state index contributed by atoms with van der Waals surface area (Å²) in [7, 11) is 0. The molecule has 17 heavy (non-hydrogen) atoms. The van der Waals surface area contributed by atoms with Gasteiger partial charge >= 0.3 is 0 Å². The highest BCUT2D eigenvalue weighted by atomic mass is 32.2. The van der Waals surface area contributed by atoms with Crippen molar-refractivity contribution >= 4 is 23.4 Å². The van der Waals surface area contributed by atoms with Crippen molar-refractivity contribution in [2.45, 2.75) is 6.04 Å². The minimum atomic E-state index is -0.703. The lowest BCUT2D eigenvalue weighted by atomic mass is 10.2. The molecule has 92 valence electrons. The predicted molar refractivity (Wildman–Crippen MR) is 64.1 cm³/mol. The van der Waals surface area contributed by atoms with Gasteiger partial charge in [-0.2, -0.15) is 11.8 Å². The zero-order valence-corrected chi connectivity index (χ0v) is 9.82. The molecule has 3 nitrogen and oxygen atoms in total. The fourth-order valence-corrected chi connectivity index (χ4v) is 2.52. The molecule has 1 aliphatic heterocycles. The molecule has 6 heteroatoms. The molecule has 0 spiro atoms. The summed E-state index contributed by atoms with van der Waals surface area (Å²) in [6, 6.07) is 2.65. The van der Waals surface area contributed by atoms with E-state index in [1.807, 2.05) is 0 Å². The van der Waals surface area contributed by atoms with Crippen LogP contribution in [-0.4, -0.2) is 30.0 Å². The average molecular weight is 258 g/mol. The van der Waals surface area contributed by atoms with Crippen LogP contribution in [0, 0.1) is 11.6 Å². The zero-order chi connectivity index (χ0) is 12.3. The number of carbonyl (C=O) groups excluding carboxylic acids is 1. The first-order chi connectivity index (χ1) is 8.15. The highest BCUT2D eigenvalue weighted by Gasteiger charge is 2.21. The van der Waals surface area contributed by atoms with Crippen molar-refractivity contribution in [1.29, 1.82) is 0 Å². The standard InChI is InChI=1S/C11H12F2N2OS/c12-7-3-8(13)5-9(4-7)15-11(16)10-6-17-2-1-14-10/h3-5,10,14H,1-2,6H2,(H,15,16). The van der Waals surface area contributed by atoms with Gasteiger partial charge in [-0.1, -0.05) is 0 Å². The normalized spacial score (nSPS) is 20.0. The topological polar surface area (TPSA) is 41.1 Å². The van der Waals surface area contributed by atoms with Crippen LogP contribution in [0.5, 0.6) is 0 Å². The Kier molecular flexibility index (Phi) is 3.96.